The van der Waals surface area contributed by atoms with Gasteiger partial charge in [-0.25, -0.2) is 13.9 Å². The van der Waals surface area contributed by atoms with E-state index in [1.54, 1.807) is 0 Å². The topological polar surface area (TPSA) is 128 Å². The second-order valence-electron chi connectivity index (χ2n) is 10.4. The van der Waals surface area contributed by atoms with Crippen LogP contribution in [-0.4, -0.2) is 66.7 Å². The van der Waals surface area contributed by atoms with Crippen LogP contribution in [0, 0.1) is 5.82 Å². The zero-order valence-electron chi connectivity index (χ0n) is 22.9. The maximum Gasteiger partial charge on any atom is 0.326 e. The summed E-state index contributed by atoms with van der Waals surface area (Å²) in [6.45, 7) is 1.39. The highest BCUT2D eigenvalue weighted by atomic mass is 35.5. The highest BCUT2D eigenvalue weighted by Crippen LogP contribution is 2.32. The maximum atomic E-state index is 13.5. The first-order chi connectivity index (χ1) is 20.8. The number of carbonyl (C=O) groups excluding carboxylic acids is 1. The highest BCUT2D eigenvalue weighted by Gasteiger charge is 2.41. The Hall–Kier alpha value is -4.74. The summed E-state index contributed by atoms with van der Waals surface area (Å²) in [7, 11) is 0. The minimum atomic E-state index is -1.12. The minimum Gasteiger partial charge on any atom is -0.488 e. The van der Waals surface area contributed by atoms with E-state index in [9.17, 15) is 19.1 Å². The van der Waals surface area contributed by atoms with Crippen LogP contribution < -0.4 is 10.5 Å². The number of amides is 1. The quantitative estimate of drug-likeness (QED) is 0.248. The van der Waals surface area contributed by atoms with Crippen LogP contribution in [0.1, 0.15) is 23.2 Å². The third kappa shape index (κ3) is 5.81. The number of aromatic nitrogens is 4. The number of fused-ring (bicyclic) bond motifs is 1. The Bertz CT molecular complexity index is 1820. The molecule has 0 bridgehead atoms. The maximum absolute atomic E-state index is 13.5. The number of aryl methyl sites for hydroxylation is 1. The van der Waals surface area contributed by atoms with Crippen molar-refractivity contribution in [2.75, 3.05) is 13.1 Å². The molecular formula is C31H28ClFN6O4. The van der Waals surface area contributed by atoms with Crippen LogP contribution in [0.4, 0.5) is 4.39 Å². The minimum absolute atomic E-state index is 0.0754. The number of nitrogens with zero attached hydrogens (tertiary/aromatic N) is 5. The zero-order valence-corrected chi connectivity index (χ0v) is 23.7. The third-order valence-corrected chi connectivity index (χ3v) is 7.73. The van der Waals surface area contributed by atoms with E-state index in [2.05, 4.69) is 10.2 Å². The molecule has 12 heteroatoms. The van der Waals surface area contributed by atoms with Crippen LogP contribution in [0.5, 0.6) is 5.75 Å². The fraction of sp³-hybridized carbons (Fsp3) is 0.226. The van der Waals surface area contributed by atoms with Gasteiger partial charge in [-0.05, 0) is 60.5 Å². The monoisotopic (exact) mass is 602 g/mol. The number of carboxylic acids is 1. The number of aliphatic carboxylic acids is 1. The van der Waals surface area contributed by atoms with Gasteiger partial charge >= 0.3 is 5.97 Å². The van der Waals surface area contributed by atoms with Gasteiger partial charge in [0.2, 0.25) is 0 Å². The van der Waals surface area contributed by atoms with Crippen molar-refractivity contribution in [1.29, 1.82) is 0 Å². The van der Waals surface area contributed by atoms with Crippen molar-refractivity contribution in [3.05, 3.63) is 95.7 Å². The lowest BCUT2D eigenvalue weighted by Crippen LogP contribution is -2.40. The molecule has 10 nitrogen and oxygen atoms in total. The van der Waals surface area contributed by atoms with Crippen molar-refractivity contribution in [3.63, 3.8) is 0 Å². The molecule has 0 unspecified atom stereocenters. The molecule has 5 aromatic rings. The predicted octanol–water partition coefficient (Wildman–Crippen LogP) is 4.78. The Balaban J connectivity index is 1.20. The Morgan fingerprint density at radius 3 is 2.74 bits per heavy atom. The van der Waals surface area contributed by atoms with Crippen molar-refractivity contribution in [1.82, 2.24) is 24.5 Å². The molecule has 2 atom stereocenters. The number of hydrogen-bond acceptors (Lipinski definition) is 6. The molecule has 0 radical (unpaired) electrons. The first kappa shape index (κ1) is 28.4. The average molecular weight is 603 g/mol. The van der Waals surface area contributed by atoms with Crippen LogP contribution in [-0.2, 0) is 11.3 Å². The number of nitrogens with two attached hydrogens (primary N) is 1. The zero-order chi connectivity index (χ0) is 30.1. The normalized spacial score (nSPS) is 16.6. The lowest BCUT2D eigenvalue weighted by atomic mass is 10.0. The first-order valence-corrected chi connectivity index (χ1v) is 14.2. The number of benzene rings is 3. The Kier molecular flexibility index (Phi) is 7.83. The van der Waals surface area contributed by atoms with E-state index in [1.807, 2.05) is 53.3 Å². The van der Waals surface area contributed by atoms with E-state index in [0.717, 1.165) is 41.1 Å². The van der Waals surface area contributed by atoms with Crippen molar-refractivity contribution in [2.24, 2.45) is 5.73 Å². The molecule has 2 aromatic heterocycles. The summed E-state index contributed by atoms with van der Waals surface area (Å²) in [4.78, 5) is 26.8. The predicted molar refractivity (Wildman–Crippen MR) is 159 cm³/mol. The number of halogens is 2. The van der Waals surface area contributed by atoms with Crippen LogP contribution in [0.25, 0.3) is 27.7 Å². The van der Waals surface area contributed by atoms with E-state index < -0.39 is 29.8 Å². The number of hydrogen-bond donors (Lipinski definition) is 2. The van der Waals surface area contributed by atoms with Crippen molar-refractivity contribution >= 4 is 34.4 Å². The second-order valence-corrected chi connectivity index (χ2v) is 10.8. The van der Waals surface area contributed by atoms with Crippen molar-refractivity contribution in [3.8, 4) is 22.6 Å². The number of ether oxygens (including phenoxy) is 1. The second kappa shape index (κ2) is 11.9. The van der Waals surface area contributed by atoms with Gasteiger partial charge in [-0.15, -0.1) is 0 Å². The lowest BCUT2D eigenvalue weighted by Gasteiger charge is -2.20. The number of likely N-dealkylation sites (tertiary alicyclic amines) is 1. The van der Waals surface area contributed by atoms with Gasteiger partial charge in [0.25, 0.3) is 5.91 Å². The third-order valence-electron chi connectivity index (χ3n) is 7.43. The molecule has 1 aliphatic heterocycles. The number of carbonyl (C=O) groups is 2. The van der Waals surface area contributed by atoms with Gasteiger partial charge in [0, 0.05) is 30.7 Å². The fourth-order valence-corrected chi connectivity index (χ4v) is 5.63. The van der Waals surface area contributed by atoms with E-state index in [4.69, 9.17) is 22.1 Å². The molecule has 43 heavy (non-hydrogen) atoms. The van der Waals surface area contributed by atoms with Crippen molar-refractivity contribution in [2.45, 2.75) is 31.5 Å². The largest absolute Gasteiger partial charge is 0.488 e. The number of rotatable bonds is 9. The van der Waals surface area contributed by atoms with Gasteiger partial charge < -0.3 is 20.5 Å². The SMILES string of the molecule is NCCCn1cc2c(-c3cccc(O[C@H]4C[C@@H](C(=O)O)N(C(=O)c5cnn(-c6ccc(F)cc6Cl)c5)C4)c3)cccc2n1. The average Bonchev–Trinajstić information content (AvgIpc) is 3.74. The molecule has 220 valence electrons. The standard InChI is InChI=1S/C31H28ClFN6O4/c32-26-13-21(33)8-9-28(26)39-16-20(15-35-39)30(40)38-17-23(14-29(38)31(41)42)43-22-5-1-4-19(12-22)24-6-2-7-27-25(24)18-37(36-27)11-3-10-34/h1-2,4-9,12-13,15-16,18,23,29H,3,10-11,14,17,34H2,(H,41,42)/t23-,29-/m0/s1. The van der Waals surface area contributed by atoms with E-state index in [0.29, 0.717) is 18.0 Å². The van der Waals surface area contributed by atoms with Crippen LogP contribution in [0.2, 0.25) is 5.02 Å². The summed E-state index contributed by atoms with van der Waals surface area (Å²) < 4.78 is 23.0. The molecule has 1 aliphatic rings. The van der Waals surface area contributed by atoms with Gasteiger partial charge in [-0.3, -0.25) is 9.48 Å². The van der Waals surface area contributed by atoms with E-state index in [-0.39, 0.29) is 23.6 Å². The van der Waals surface area contributed by atoms with Gasteiger partial charge in [-0.2, -0.15) is 10.2 Å². The molecule has 3 aromatic carbocycles. The van der Waals surface area contributed by atoms with Crippen LogP contribution in [0.3, 0.4) is 0 Å². The Labute approximate surface area is 251 Å². The molecule has 1 amide bonds. The van der Waals surface area contributed by atoms with Crippen molar-refractivity contribution < 1.29 is 23.8 Å². The molecule has 1 fully saturated rings. The van der Waals surface area contributed by atoms with E-state index in [1.165, 1.54) is 34.1 Å². The fourth-order valence-electron chi connectivity index (χ4n) is 5.38. The summed E-state index contributed by atoms with van der Waals surface area (Å²) in [5, 5.41) is 19.9. The van der Waals surface area contributed by atoms with Gasteiger partial charge in [0.1, 0.15) is 23.7 Å². The first-order valence-electron chi connectivity index (χ1n) is 13.8. The smallest absolute Gasteiger partial charge is 0.326 e. The highest BCUT2D eigenvalue weighted by molar-refractivity contribution is 6.32. The molecule has 6 rings (SSSR count). The summed E-state index contributed by atoms with van der Waals surface area (Å²) in [6, 6.07) is 16.3. The van der Waals surface area contributed by atoms with Gasteiger partial charge in [-0.1, -0.05) is 35.9 Å². The molecule has 0 spiro atoms. The molecule has 3 heterocycles. The van der Waals surface area contributed by atoms with Crippen LogP contribution >= 0.6 is 11.6 Å². The van der Waals surface area contributed by atoms with Crippen LogP contribution in [0.15, 0.2) is 79.3 Å². The number of carboxylic acid groups (broad SMARTS) is 1. The Morgan fingerprint density at radius 1 is 1.12 bits per heavy atom. The molecule has 1 saturated heterocycles. The molecular weight excluding hydrogens is 575 g/mol. The summed E-state index contributed by atoms with van der Waals surface area (Å²) in [5.41, 5.74) is 9.01. The van der Waals surface area contributed by atoms with Gasteiger partial charge in [0.05, 0.1) is 34.5 Å². The summed E-state index contributed by atoms with van der Waals surface area (Å²) in [5.74, 6) is -1.57. The van der Waals surface area contributed by atoms with Gasteiger partial charge in [0.15, 0.2) is 0 Å². The summed E-state index contributed by atoms with van der Waals surface area (Å²) in [6.07, 6.45) is 5.19. The lowest BCUT2D eigenvalue weighted by molar-refractivity contribution is -0.141. The molecule has 3 N–H and O–H groups in total. The Morgan fingerprint density at radius 2 is 1.95 bits per heavy atom. The van der Waals surface area contributed by atoms with E-state index >= 15 is 0 Å². The summed E-state index contributed by atoms with van der Waals surface area (Å²) >= 11 is 6.14. The molecule has 0 saturated carbocycles. The molecule has 0 aliphatic carbocycles.